The smallest absolute Gasteiger partial charge is 0.352 e. The molecule has 0 saturated heterocycles. The molecule has 5 rings (SSSR count). The summed E-state index contributed by atoms with van der Waals surface area (Å²) in [6.07, 6.45) is 0.320. The minimum Gasteiger partial charge on any atom is -0.507 e. The van der Waals surface area contributed by atoms with Gasteiger partial charge in [0.15, 0.2) is 5.78 Å². The van der Waals surface area contributed by atoms with Gasteiger partial charge in [-0.05, 0) is 56.7 Å². The van der Waals surface area contributed by atoms with Crippen LogP contribution < -0.4 is 16.1 Å². The summed E-state index contributed by atoms with van der Waals surface area (Å²) in [6, 6.07) is 7.87. The van der Waals surface area contributed by atoms with Gasteiger partial charge in [-0.2, -0.15) is 8.78 Å². The van der Waals surface area contributed by atoms with Crippen LogP contribution in [0.15, 0.2) is 63.7 Å². The van der Waals surface area contributed by atoms with Crippen molar-refractivity contribution in [1.29, 1.82) is 0 Å². The number of phenols is 1. The summed E-state index contributed by atoms with van der Waals surface area (Å²) in [6.45, 7) is 5.10. The number of aromatic hydroxyl groups is 1. The van der Waals surface area contributed by atoms with Crippen molar-refractivity contribution in [1.82, 2.24) is 13.9 Å². The Kier molecular flexibility index (Phi) is 4.94. The average molecular weight is 481 g/mol. The monoisotopic (exact) mass is 481 g/mol. The Balaban J connectivity index is 1.76. The molecule has 1 atom stereocenters. The number of rotatable bonds is 3. The van der Waals surface area contributed by atoms with E-state index in [1.54, 1.807) is 19.9 Å². The van der Waals surface area contributed by atoms with Crippen molar-refractivity contribution in [3.8, 4) is 17.2 Å². The fraction of sp³-hybridized carbons (Fsp3) is 0.240. The van der Waals surface area contributed by atoms with Gasteiger partial charge in [0, 0.05) is 28.8 Å². The highest BCUT2D eigenvalue weighted by molar-refractivity contribution is 5.94. The Morgan fingerprint density at radius 2 is 1.83 bits per heavy atom. The van der Waals surface area contributed by atoms with Gasteiger partial charge in [0.05, 0.1) is 12.2 Å². The van der Waals surface area contributed by atoms with Crippen LogP contribution in [0.2, 0.25) is 0 Å². The minimum atomic E-state index is -1.99. The van der Waals surface area contributed by atoms with Gasteiger partial charge >= 0.3 is 11.4 Å². The highest BCUT2D eigenvalue weighted by atomic mass is 19.3. The van der Waals surface area contributed by atoms with Crippen LogP contribution in [0.1, 0.15) is 48.3 Å². The zero-order chi connectivity index (χ0) is 25.2. The van der Waals surface area contributed by atoms with Crippen molar-refractivity contribution in [2.24, 2.45) is 0 Å². The lowest BCUT2D eigenvalue weighted by Gasteiger charge is -2.42. The summed E-state index contributed by atoms with van der Waals surface area (Å²) >= 11 is 0. The molecule has 0 amide bonds. The molecule has 2 aliphatic heterocycles. The fourth-order valence-corrected chi connectivity index (χ4v) is 4.75. The second kappa shape index (κ2) is 7.66. The molecule has 2 aromatic carbocycles. The number of carbonyl (C=O) groups excluding carboxylic acids is 1. The molecule has 2 aliphatic rings. The molecule has 1 aromatic heterocycles. The molecule has 0 fully saturated rings. The van der Waals surface area contributed by atoms with Gasteiger partial charge in [-0.15, -0.1) is 0 Å². The van der Waals surface area contributed by atoms with Gasteiger partial charge in [-0.3, -0.25) is 4.79 Å². The third kappa shape index (κ3) is 3.44. The standard InChI is InChI=1S/C25H21F2N3O5/c1-13(31)14-4-6-16(7-5-14)29-23(33)28-9-8-18-22(30(28)24(29)34)17-10-15(11-21(26)27)19(32)12-20(17)35-25(18,2)3/h4-8,10-12,22,32H,9H2,1-3H3. The van der Waals surface area contributed by atoms with E-state index in [1.165, 1.54) is 52.7 Å². The van der Waals surface area contributed by atoms with E-state index in [9.17, 15) is 28.3 Å². The van der Waals surface area contributed by atoms with Gasteiger partial charge in [0.2, 0.25) is 0 Å². The van der Waals surface area contributed by atoms with E-state index in [1.807, 2.05) is 0 Å². The second-order valence-corrected chi connectivity index (χ2v) is 8.99. The van der Waals surface area contributed by atoms with Gasteiger partial charge in [-0.25, -0.2) is 23.5 Å². The zero-order valence-electron chi connectivity index (χ0n) is 19.1. The lowest BCUT2D eigenvalue weighted by Crippen LogP contribution is -2.46. The van der Waals surface area contributed by atoms with E-state index in [0.29, 0.717) is 28.5 Å². The summed E-state index contributed by atoms with van der Waals surface area (Å²) in [5, 5.41) is 10.3. The molecule has 180 valence electrons. The number of Topliss-reactive ketones (excluding diaryl/α,β-unsaturated/α-hetero) is 1. The summed E-state index contributed by atoms with van der Waals surface area (Å²) < 4.78 is 35.6. The fourth-order valence-electron chi connectivity index (χ4n) is 4.75. The maximum atomic E-state index is 13.6. The summed E-state index contributed by atoms with van der Waals surface area (Å²) in [7, 11) is 0. The van der Waals surface area contributed by atoms with Crippen molar-refractivity contribution in [2.45, 2.75) is 39.0 Å². The number of hydrogen-bond acceptors (Lipinski definition) is 5. The van der Waals surface area contributed by atoms with E-state index in [-0.39, 0.29) is 23.6 Å². The second-order valence-electron chi connectivity index (χ2n) is 8.99. The highest BCUT2D eigenvalue weighted by Crippen LogP contribution is 2.48. The lowest BCUT2D eigenvalue weighted by molar-refractivity contribution is 0.101. The van der Waals surface area contributed by atoms with Gasteiger partial charge < -0.3 is 9.84 Å². The average Bonchev–Trinajstić information content (AvgIpc) is 3.04. The van der Waals surface area contributed by atoms with Crippen LogP contribution in [0.5, 0.6) is 11.5 Å². The van der Waals surface area contributed by atoms with Crippen molar-refractivity contribution in [2.75, 3.05) is 0 Å². The molecule has 0 saturated carbocycles. The third-order valence-corrected chi connectivity index (χ3v) is 6.39. The number of ketones is 1. The Bertz CT molecular complexity index is 1570. The number of fused-ring (bicyclic) bond motifs is 5. The maximum absolute atomic E-state index is 13.6. The van der Waals surface area contributed by atoms with Crippen LogP contribution in [-0.4, -0.2) is 30.4 Å². The van der Waals surface area contributed by atoms with Crippen LogP contribution in [-0.2, 0) is 6.54 Å². The van der Waals surface area contributed by atoms with Crippen LogP contribution in [0.25, 0.3) is 11.8 Å². The molecule has 3 heterocycles. The van der Waals surface area contributed by atoms with Gasteiger partial charge in [0.25, 0.3) is 6.08 Å². The molecule has 1 unspecified atom stereocenters. The van der Waals surface area contributed by atoms with Gasteiger partial charge in [-0.1, -0.05) is 6.08 Å². The summed E-state index contributed by atoms with van der Waals surface area (Å²) in [4.78, 5) is 38.6. The van der Waals surface area contributed by atoms with Crippen LogP contribution in [0.4, 0.5) is 8.78 Å². The van der Waals surface area contributed by atoms with E-state index >= 15 is 0 Å². The van der Waals surface area contributed by atoms with Crippen molar-refractivity contribution in [3.05, 3.63) is 91.8 Å². The number of hydrogen-bond donors (Lipinski definition) is 1. The number of allylic oxidation sites excluding steroid dienone is 1. The largest absolute Gasteiger partial charge is 0.507 e. The predicted octanol–water partition coefficient (Wildman–Crippen LogP) is 3.65. The molecule has 0 spiro atoms. The van der Waals surface area contributed by atoms with Crippen molar-refractivity contribution < 1.29 is 23.4 Å². The number of benzene rings is 2. The topological polar surface area (TPSA) is 95.5 Å². The number of halogens is 2. The third-order valence-electron chi connectivity index (χ3n) is 6.39. The Morgan fingerprint density at radius 1 is 1.14 bits per heavy atom. The first-order chi connectivity index (χ1) is 16.5. The molecule has 0 bridgehead atoms. The number of phenolic OH excluding ortho intramolecular Hbond substituents is 1. The van der Waals surface area contributed by atoms with E-state index in [4.69, 9.17) is 4.74 Å². The SMILES string of the molecule is CC(=O)c1ccc(-n2c(=O)n3n(c2=O)C2C(=CC3)C(C)(C)Oc3cc(O)c(C=C(F)F)cc32)cc1. The summed E-state index contributed by atoms with van der Waals surface area (Å²) in [5.41, 5.74) is -0.487. The quantitative estimate of drug-likeness (QED) is 0.455. The molecular weight excluding hydrogens is 460 g/mol. The Labute approximate surface area is 197 Å². The number of nitrogens with zero attached hydrogens (tertiary/aromatic N) is 3. The summed E-state index contributed by atoms with van der Waals surface area (Å²) in [5.74, 6) is -0.328. The lowest BCUT2D eigenvalue weighted by atomic mass is 9.82. The first-order valence-corrected chi connectivity index (χ1v) is 10.8. The van der Waals surface area contributed by atoms with Crippen LogP contribution in [0.3, 0.4) is 0 Å². The number of aromatic nitrogens is 3. The van der Waals surface area contributed by atoms with Crippen LogP contribution in [0, 0.1) is 0 Å². The Morgan fingerprint density at radius 3 is 2.46 bits per heavy atom. The van der Waals surface area contributed by atoms with E-state index < -0.39 is 34.9 Å². The van der Waals surface area contributed by atoms with E-state index in [0.717, 1.165) is 4.57 Å². The maximum Gasteiger partial charge on any atom is 0.352 e. The predicted molar refractivity (Wildman–Crippen MR) is 124 cm³/mol. The van der Waals surface area contributed by atoms with Crippen molar-refractivity contribution >= 4 is 11.9 Å². The molecule has 0 aliphatic carbocycles. The molecule has 1 N–H and O–H groups in total. The zero-order valence-corrected chi connectivity index (χ0v) is 19.1. The van der Waals surface area contributed by atoms with Crippen molar-refractivity contribution in [3.63, 3.8) is 0 Å². The molecule has 3 aromatic rings. The molecule has 10 heteroatoms. The highest BCUT2D eigenvalue weighted by Gasteiger charge is 2.44. The van der Waals surface area contributed by atoms with Gasteiger partial charge in [0.1, 0.15) is 23.1 Å². The number of carbonyl (C=O) groups is 1. The molecule has 35 heavy (non-hydrogen) atoms. The number of ether oxygens (including phenoxy) is 1. The molecule has 8 nitrogen and oxygen atoms in total. The first kappa shape index (κ1) is 22.6. The Hall–Kier alpha value is -4.21. The minimum absolute atomic E-state index is 0.102. The molecule has 0 radical (unpaired) electrons. The normalized spacial score (nSPS) is 17.4. The van der Waals surface area contributed by atoms with Crippen LogP contribution >= 0.6 is 0 Å². The first-order valence-electron chi connectivity index (χ1n) is 10.8. The van der Waals surface area contributed by atoms with E-state index in [2.05, 4.69) is 0 Å². The molecular formula is C25H21F2N3O5.